The lowest BCUT2D eigenvalue weighted by atomic mass is 10.0. The van der Waals surface area contributed by atoms with Crippen molar-refractivity contribution in [3.05, 3.63) is 0 Å². The fourth-order valence-electron chi connectivity index (χ4n) is 10.8. The van der Waals surface area contributed by atoms with Gasteiger partial charge < -0.3 is 33.8 Å². The van der Waals surface area contributed by atoms with Gasteiger partial charge in [0.15, 0.2) is 12.2 Å². The molecule has 3 N–H and O–H groups in total. The lowest BCUT2D eigenvalue weighted by Crippen LogP contribution is -2.30. The molecule has 19 heteroatoms. The number of phosphoric ester groups is 2. The number of carbonyl (C=O) groups is 4. The number of phosphoric acid groups is 2. The van der Waals surface area contributed by atoms with Crippen LogP contribution < -0.4 is 0 Å². The molecule has 5 atom stereocenters. The van der Waals surface area contributed by atoms with Gasteiger partial charge >= 0.3 is 39.5 Å². The monoisotopic (exact) mass is 1320 g/mol. The summed E-state index contributed by atoms with van der Waals surface area (Å²) in [6.45, 7) is 9.51. The molecule has 0 amide bonds. The summed E-state index contributed by atoms with van der Waals surface area (Å²) in [6.07, 6.45) is 48.9. The minimum atomic E-state index is -4.95. The van der Waals surface area contributed by atoms with E-state index in [1.165, 1.54) is 173 Å². The van der Waals surface area contributed by atoms with Gasteiger partial charge in [-0.15, -0.1) is 0 Å². The highest BCUT2D eigenvalue weighted by Gasteiger charge is 2.30. The van der Waals surface area contributed by atoms with Gasteiger partial charge in [0, 0.05) is 25.7 Å². The Balaban J connectivity index is 5.15. The molecule has 0 rings (SSSR count). The number of aliphatic hydroxyl groups is 1. The Morgan fingerprint density at radius 1 is 0.300 bits per heavy atom. The highest BCUT2D eigenvalue weighted by atomic mass is 31.2. The van der Waals surface area contributed by atoms with Crippen LogP contribution >= 0.6 is 15.6 Å². The summed E-state index contributed by atoms with van der Waals surface area (Å²) in [6, 6.07) is 0. The van der Waals surface area contributed by atoms with Crippen molar-refractivity contribution in [1.82, 2.24) is 0 Å². The summed E-state index contributed by atoms with van der Waals surface area (Å²) < 4.78 is 68.1. The quantitative estimate of drug-likeness (QED) is 0.0222. The molecule has 0 fully saturated rings. The summed E-state index contributed by atoms with van der Waals surface area (Å²) in [5.74, 6) is -0.548. The lowest BCUT2D eigenvalue weighted by molar-refractivity contribution is -0.161. The molecule has 0 aliphatic heterocycles. The molecule has 0 aromatic carbocycles. The third-order valence-electron chi connectivity index (χ3n) is 16.5. The second-order valence-electron chi connectivity index (χ2n) is 26.6. The first-order chi connectivity index (χ1) is 43.4. The van der Waals surface area contributed by atoms with Crippen LogP contribution in [-0.4, -0.2) is 96.7 Å². The number of aliphatic hydroxyl groups excluding tert-OH is 1. The van der Waals surface area contributed by atoms with E-state index in [0.717, 1.165) is 108 Å². The van der Waals surface area contributed by atoms with Crippen LogP contribution in [0, 0.1) is 11.8 Å². The molecule has 0 aromatic rings. The molecule has 0 heterocycles. The van der Waals surface area contributed by atoms with Crippen LogP contribution in [0.15, 0.2) is 0 Å². The Morgan fingerprint density at radius 3 is 0.756 bits per heavy atom. The minimum Gasteiger partial charge on any atom is -0.462 e. The number of rotatable bonds is 70. The highest BCUT2D eigenvalue weighted by molar-refractivity contribution is 7.47. The number of hydrogen-bond donors (Lipinski definition) is 3. The number of hydrogen-bond acceptors (Lipinski definition) is 15. The zero-order valence-corrected chi connectivity index (χ0v) is 60.2. The van der Waals surface area contributed by atoms with E-state index in [0.29, 0.717) is 25.7 Å². The molecule has 17 nitrogen and oxygen atoms in total. The largest absolute Gasteiger partial charge is 0.472 e. The van der Waals surface area contributed by atoms with Crippen molar-refractivity contribution >= 4 is 39.5 Å². The SMILES string of the molecule is CCCCCCCCCCCCCCC(=O)O[C@H](COC(=O)CCCCCCC)COP(=O)(O)OC[C@H](O)COP(=O)(O)OC[C@@H](COC(=O)CCCCCCCCCCCCCCC(C)C)OC(=O)CCCCCCCCCCCCCCCCCC(C)C. The first-order valence-corrected chi connectivity index (χ1v) is 40.0. The fraction of sp³-hybridized carbons (Fsp3) is 0.944. The number of esters is 4. The van der Waals surface area contributed by atoms with Gasteiger partial charge in [0.1, 0.15) is 19.3 Å². The fourth-order valence-corrected chi connectivity index (χ4v) is 12.3. The second kappa shape index (κ2) is 63.1. The zero-order valence-electron chi connectivity index (χ0n) is 58.4. The Bertz CT molecular complexity index is 1750. The molecule has 534 valence electrons. The van der Waals surface area contributed by atoms with Gasteiger partial charge in [0.25, 0.3) is 0 Å². The maximum absolute atomic E-state index is 13.0. The van der Waals surface area contributed by atoms with Crippen molar-refractivity contribution in [2.24, 2.45) is 11.8 Å². The van der Waals surface area contributed by atoms with Crippen molar-refractivity contribution < 1.29 is 80.2 Å². The van der Waals surface area contributed by atoms with Crippen LogP contribution in [0.3, 0.4) is 0 Å². The first-order valence-electron chi connectivity index (χ1n) is 37.0. The molecule has 0 saturated heterocycles. The van der Waals surface area contributed by atoms with E-state index in [1.807, 2.05) is 0 Å². The molecule has 0 aromatic heterocycles. The first kappa shape index (κ1) is 88.1. The zero-order chi connectivity index (χ0) is 66.5. The molecule has 0 radical (unpaired) electrons. The molecule has 0 aliphatic carbocycles. The maximum atomic E-state index is 13.0. The van der Waals surface area contributed by atoms with E-state index >= 15 is 0 Å². The van der Waals surface area contributed by atoms with Crippen molar-refractivity contribution in [3.8, 4) is 0 Å². The van der Waals surface area contributed by atoms with Gasteiger partial charge in [0.05, 0.1) is 26.4 Å². The van der Waals surface area contributed by atoms with E-state index in [1.54, 1.807) is 0 Å². The van der Waals surface area contributed by atoms with Gasteiger partial charge in [-0.1, -0.05) is 311 Å². The van der Waals surface area contributed by atoms with Crippen molar-refractivity contribution in [2.75, 3.05) is 39.6 Å². The lowest BCUT2D eigenvalue weighted by Gasteiger charge is -2.21. The molecule has 0 bridgehead atoms. The molecule has 90 heavy (non-hydrogen) atoms. The molecular weight excluding hydrogens is 1190 g/mol. The minimum absolute atomic E-state index is 0.106. The average molecular weight is 1330 g/mol. The summed E-state index contributed by atoms with van der Waals surface area (Å²) in [5.41, 5.74) is 0. The Hall–Kier alpha value is -1.94. The summed E-state index contributed by atoms with van der Waals surface area (Å²) in [7, 11) is -9.89. The summed E-state index contributed by atoms with van der Waals surface area (Å²) in [4.78, 5) is 72.3. The third kappa shape index (κ3) is 64.8. The van der Waals surface area contributed by atoms with Crippen molar-refractivity contribution in [1.29, 1.82) is 0 Å². The van der Waals surface area contributed by atoms with E-state index in [9.17, 15) is 43.2 Å². The Kier molecular flexibility index (Phi) is 61.8. The molecule has 2 unspecified atom stereocenters. The topological polar surface area (TPSA) is 237 Å². The number of carbonyl (C=O) groups excluding carboxylic acids is 4. The maximum Gasteiger partial charge on any atom is 0.472 e. The van der Waals surface area contributed by atoms with Crippen molar-refractivity contribution in [3.63, 3.8) is 0 Å². The Morgan fingerprint density at radius 2 is 0.511 bits per heavy atom. The predicted octanol–water partition coefficient (Wildman–Crippen LogP) is 20.4. The normalized spacial score (nSPS) is 14.1. The summed E-state index contributed by atoms with van der Waals surface area (Å²) in [5, 5.41) is 10.6. The molecular formula is C71H138O17P2. The molecule has 0 spiro atoms. The van der Waals surface area contributed by atoms with Crippen LogP contribution in [0.2, 0.25) is 0 Å². The van der Waals surface area contributed by atoms with E-state index in [-0.39, 0.29) is 25.7 Å². The van der Waals surface area contributed by atoms with Gasteiger partial charge in [-0.25, -0.2) is 9.13 Å². The predicted molar refractivity (Wildman–Crippen MR) is 363 cm³/mol. The van der Waals surface area contributed by atoms with E-state index in [2.05, 4.69) is 41.5 Å². The average Bonchev–Trinajstić information content (AvgIpc) is 2.87. The third-order valence-corrected chi connectivity index (χ3v) is 18.4. The summed E-state index contributed by atoms with van der Waals surface area (Å²) >= 11 is 0. The number of unbranched alkanes of at least 4 members (excludes halogenated alkanes) is 40. The van der Waals surface area contributed by atoms with Gasteiger partial charge in [-0.2, -0.15) is 0 Å². The van der Waals surface area contributed by atoms with E-state index < -0.39 is 97.5 Å². The van der Waals surface area contributed by atoms with Crippen molar-refractivity contribution in [2.45, 2.75) is 381 Å². The van der Waals surface area contributed by atoms with Gasteiger partial charge in [-0.3, -0.25) is 37.3 Å². The molecule has 0 saturated carbocycles. The second-order valence-corrected chi connectivity index (χ2v) is 29.5. The van der Waals surface area contributed by atoms with Crippen LogP contribution in [-0.2, 0) is 65.4 Å². The van der Waals surface area contributed by atoms with Crippen LogP contribution in [0.5, 0.6) is 0 Å². The van der Waals surface area contributed by atoms with Gasteiger partial charge in [-0.05, 0) is 37.5 Å². The van der Waals surface area contributed by atoms with Crippen LogP contribution in [0.4, 0.5) is 0 Å². The van der Waals surface area contributed by atoms with E-state index in [4.69, 9.17) is 37.0 Å². The highest BCUT2D eigenvalue weighted by Crippen LogP contribution is 2.45. The standard InChI is InChI=1S/C71H138O17P2/c1-7-9-11-13-14-15-16-26-32-37-43-49-55-70(75)87-66(59-81-68(73)53-47-39-12-10-8-2)61-85-89(77,78)83-57-65(72)58-84-90(79,80)86-62-67(60-82-69(74)54-48-42-36-31-27-23-22-25-30-35-41-46-52-64(5)6)88-71(76)56-50-44-38-33-28-21-19-17-18-20-24-29-34-40-45-51-63(3)4/h63-67,72H,7-62H2,1-6H3,(H,77,78)(H,79,80)/t65-,66+,67+/m0/s1. The van der Waals surface area contributed by atoms with Gasteiger partial charge in [0.2, 0.25) is 0 Å². The Labute approximate surface area is 549 Å². The van der Waals surface area contributed by atoms with Crippen LogP contribution in [0.1, 0.15) is 363 Å². The smallest absolute Gasteiger partial charge is 0.462 e. The molecule has 0 aliphatic rings. The van der Waals surface area contributed by atoms with Crippen LogP contribution in [0.25, 0.3) is 0 Å². The number of ether oxygens (including phenoxy) is 4.